The van der Waals surface area contributed by atoms with Gasteiger partial charge >= 0.3 is 0 Å². The molecule has 3 aromatic rings. The predicted octanol–water partition coefficient (Wildman–Crippen LogP) is 4.34. The Hall–Kier alpha value is -2.95. The van der Waals surface area contributed by atoms with Crippen LogP contribution in [-0.2, 0) is 23.1 Å². The summed E-state index contributed by atoms with van der Waals surface area (Å²) < 4.78 is 0. The Labute approximate surface area is 203 Å². The lowest BCUT2D eigenvalue weighted by Gasteiger charge is -2.37. The Kier molecular flexibility index (Phi) is 8.15. The zero-order valence-corrected chi connectivity index (χ0v) is 19.9. The zero-order chi connectivity index (χ0) is 23.8. The zero-order valence-electron chi connectivity index (χ0n) is 19.9. The lowest BCUT2D eigenvalue weighted by Crippen LogP contribution is -2.49. The summed E-state index contributed by atoms with van der Waals surface area (Å²) in [4.78, 5) is 15.7. The number of benzene rings is 3. The minimum atomic E-state index is -0.812. The molecule has 3 aromatic carbocycles. The number of amides is 1. The van der Waals surface area contributed by atoms with E-state index in [0.29, 0.717) is 0 Å². The van der Waals surface area contributed by atoms with Gasteiger partial charge in [-0.15, -0.1) is 0 Å². The molecule has 1 heterocycles. The SMILES string of the molecule is NC(=O)C(c1ccccc1)(c1ccccc1)[C@@H]1CCN(CCCCc2ccc(CCO)cc2)C1. The van der Waals surface area contributed by atoms with Gasteiger partial charge in [-0.3, -0.25) is 4.79 Å². The van der Waals surface area contributed by atoms with Gasteiger partial charge in [0.2, 0.25) is 5.91 Å². The molecule has 0 radical (unpaired) electrons. The van der Waals surface area contributed by atoms with Gasteiger partial charge in [0.25, 0.3) is 0 Å². The highest BCUT2D eigenvalue weighted by molar-refractivity contribution is 5.91. The number of aliphatic hydroxyl groups excluding tert-OH is 1. The number of rotatable bonds is 11. The number of primary amides is 1. The summed E-state index contributed by atoms with van der Waals surface area (Å²) in [6, 6.07) is 28.8. The summed E-state index contributed by atoms with van der Waals surface area (Å²) in [6.45, 7) is 3.11. The van der Waals surface area contributed by atoms with E-state index in [-0.39, 0.29) is 18.4 Å². The van der Waals surface area contributed by atoms with Gasteiger partial charge in [0.1, 0.15) is 5.41 Å². The summed E-state index contributed by atoms with van der Waals surface area (Å²) in [5.41, 5.74) is 9.91. The molecule has 0 unspecified atom stereocenters. The summed E-state index contributed by atoms with van der Waals surface area (Å²) in [6.07, 6.45) is 5.01. The van der Waals surface area contributed by atoms with Gasteiger partial charge in [0, 0.05) is 13.2 Å². The fourth-order valence-electron chi connectivity index (χ4n) is 5.58. The van der Waals surface area contributed by atoms with Gasteiger partial charge < -0.3 is 15.7 Å². The Balaban J connectivity index is 1.41. The number of carbonyl (C=O) groups excluding carboxylic acids is 1. The minimum Gasteiger partial charge on any atom is -0.396 e. The van der Waals surface area contributed by atoms with Gasteiger partial charge in [-0.05, 0) is 73.4 Å². The third-order valence-corrected chi connectivity index (χ3v) is 7.34. The van der Waals surface area contributed by atoms with E-state index in [1.165, 1.54) is 11.1 Å². The van der Waals surface area contributed by atoms with E-state index in [4.69, 9.17) is 10.8 Å². The van der Waals surface area contributed by atoms with Crippen molar-refractivity contribution in [2.75, 3.05) is 26.2 Å². The van der Waals surface area contributed by atoms with Crippen LogP contribution in [0.25, 0.3) is 0 Å². The molecule has 0 saturated carbocycles. The maximum atomic E-state index is 13.2. The van der Waals surface area contributed by atoms with Crippen LogP contribution in [-0.4, -0.2) is 42.2 Å². The third-order valence-electron chi connectivity index (χ3n) is 7.34. The maximum absolute atomic E-state index is 13.2. The molecule has 1 fully saturated rings. The maximum Gasteiger partial charge on any atom is 0.232 e. The number of carbonyl (C=O) groups is 1. The molecule has 3 N–H and O–H groups in total. The van der Waals surface area contributed by atoms with Gasteiger partial charge in [-0.25, -0.2) is 0 Å². The number of hydrogen-bond donors (Lipinski definition) is 2. The van der Waals surface area contributed by atoms with E-state index in [2.05, 4.69) is 29.2 Å². The number of hydrogen-bond acceptors (Lipinski definition) is 3. The van der Waals surface area contributed by atoms with Crippen molar-refractivity contribution < 1.29 is 9.90 Å². The first-order valence-corrected chi connectivity index (χ1v) is 12.5. The second kappa shape index (κ2) is 11.5. The molecule has 178 valence electrons. The molecule has 0 aromatic heterocycles. The molecule has 4 rings (SSSR count). The third kappa shape index (κ3) is 5.24. The highest BCUT2D eigenvalue weighted by Gasteiger charge is 2.49. The van der Waals surface area contributed by atoms with Crippen LogP contribution in [0.5, 0.6) is 0 Å². The van der Waals surface area contributed by atoms with Crippen molar-refractivity contribution in [3.05, 3.63) is 107 Å². The minimum absolute atomic E-state index is 0.147. The molecule has 1 aliphatic rings. The molecule has 4 heteroatoms. The molecule has 4 nitrogen and oxygen atoms in total. The largest absolute Gasteiger partial charge is 0.396 e. The molecule has 1 amide bonds. The Morgan fingerprint density at radius 2 is 1.41 bits per heavy atom. The summed E-state index contributed by atoms with van der Waals surface area (Å²) >= 11 is 0. The van der Waals surface area contributed by atoms with Gasteiger partial charge in [0.15, 0.2) is 0 Å². The summed E-state index contributed by atoms with van der Waals surface area (Å²) in [5.74, 6) is -0.115. The predicted molar refractivity (Wildman–Crippen MR) is 138 cm³/mol. The van der Waals surface area contributed by atoms with Crippen LogP contribution in [0.4, 0.5) is 0 Å². The first kappa shape index (κ1) is 24.2. The van der Waals surface area contributed by atoms with Crippen LogP contribution in [0.15, 0.2) is 84.9 Å². The van der Waals surface area contributed by atoms with E-state index in [0.717, 1.165) is 62.9 Å². The van der Waals surface area contributed by atoms with Crippen molar-refractivity contribution in [1.82, 2.24) is 4.90 Å². The number of nitrogens with two attached hydrogens (primary N) is 1. The second-order valence-corrected chi connectivity index (χ2v) is 9.44. The normalized spacial score (nSPS) is 16.6. The molecule has 0 spiro atoms. The molecular weight excluding hydrogens is 420 g/mol. The van der Waals surface area contributed by atoms with Gasteiger partial charge in [-0.1, -0.05) is 84.9 Å². The van der Waals surface area contributed by atoms with Crippen LogP contribution in [0, 0.1) is 5.92 Å². The van der Waals surface area contributed by atoms with Gasteiger partial charge in [0.05, 0.1) is 0 Å². The van der Waals surface area contributed by atoms with Crippen LogP contribution in [0.2, 0.25) is 0 Å². The summed E-state index contributed by atoms with van der Waals surface area (Å²) in [7, 11) is 0. The lowest BCUT2D eigenvalue weighted by molar-refractivity contribution is -0.123. The van der Waals surface area contributed by atoms with Crippen molar-refractivity contribution >= 4 is 5.91 Å². The van der Waals surface area contributed by atoms with Crippen molar-refractivity contribution in [1.29, 1.82) is 0 Å². The topological polar surface area (TPSA) is 66.6 Å². The first-order chi connectivity index (χ1) is 16.6. The first-order valence-electron chi connectivity index (χ1n) is 12.5. The van der Waals surface area contributed by atoms with Crippen LogP contribution in [0.1, 0.15) is 41.5 Å². The van der Waals surface area contributed by atoms with Crippen LogP contribution in [0.3, 0.4) is 0 Å². The number of aryl methyl sites for hydroxylation is 1. The van der Waals surface area contributed by atoms with Crippen molar-refractivity contribution in [2.45, 2.75) is 37.5 Å². The molecule has 1 saturated heterocycles. The number of nitrogens with zero attached hydrogens (tertiary/aromatic N) is 1. The molecule has 1 aliphatic heterocycles. The number of aliphatic hydroxyl groups is 1. The van der Waals surface area contributed by atoms with E-state index in [1.54, 1.807) is 0 Å². The summed E-state index contributed by atoms with van der Waals surface area (Å²) in [5, 5.41) is 9.06. The van der Waals surface area contributed by atoms with E-state index in [9.17, 15) is 4.79 Å². The molecule has 0 aliphatic carbocycles. The smallest absolute Gasteiger partial charge is 0.232 e. The lowest BCUT2D eigenvalue weighted by atomic mass is 9.64. The van der Waals surface area contributed by atoms with Crippen LogP contribution >= 0.6 is 0 Å². The Morgan fingerprint density at radius 3 is 1.94 bits per heavy atom. The average Bonchev–Trinajstić information content (AvgIpc) is 3.34. The number of unbranched alkanes of at least 4 members (excludes halogenated alkanes) is 1. The Morgan fingerprint density at radius 1 is 0.853 bits per heavy atom. The fourth-order valence-corrected chi connectivity index (χ4v) is 5.58. The number of likely N-dealkylation sites (tertiary alicyclic amines) is 1. The van der Waals surface area contributed by atoms with Gasteiger partial charge in [-0.2, -0.15) is 0 Å². The monoisotopic (exact) mass is 456 g/mol. The quantitative estimate of drug-likeness (QED) is 0.422. The Bertz CT molecular complexity index is 995. The highest BCUT2D eigenvalue weighted by Crippen LogP contribution is 2.43. The average molecular weight is 457 g/mol. The van der Waals surface area contributed by atoms with Crippen molar-refractivity contribution in [3.63, 3.8) is 0 Å². The van der Waals surface area contributed by atoms with E-state index >= 15 is 0 Å². The molecule has 0 bridgehead atoms. The van der Waals surface area contributed by atoms with Crippen LogP contribution < -0.4 is 5.73 Å². The molecule has 34 heavy (non-hydrogen) atoms. The second-order valence-electron chi connectivity index (χ2n) is 9.44. The van der Waals surface area contributed by atoms with E-state index in [1.807, 2.05) is 60.7 Å². The van der Waals surface area contributed by atoms with Crippen molar-refractivity contribution in [2.24, 2.45) is 11.7 Å². The fraction of sp³-hybridized carbons (Fsp3) is 0.367. The van der Waals surface area contributed by atoms with E-state index < -0.39 is 5.41 Å². The molecule has 1 atom stereocenters. The standard InChI is InChI=1S/C30H36N2O2/c31-29(34)30(26-10-3-1-4-11-26,27-12-5-2-6-13-27)28-18-21-32(23-28)20-8-7-9-24-14-16-25(17-15-24)19-22-33/h1-6,10-17,28,33H,7-9,18-23H2,(H2,31,34)/t28-/m1/s1. The van der Waals surface area contributed by atoms with Crippen molar-refractivity contribution in [3.8, 4) is 0 Å². The molecular formula is C30H36N2O2. The highest BCUT2D eigenvalue weighted by atomic mass is 16.3.